The molecule has 3 rings (SSSR count). The van der Waals surface area contributed by atoms with Crippen molar-refractivity contribution >= 4 is 10.0 Å². The minimum atomic E-state index is -3.63. The number of benzene rings is 1. The lowest BCUT2D eigenvalue weighted by atomic mass is 9.97. The Bertz CT molecular complexity index is 900. The molecule has 136 valence electrons. The van der Waals surface area contributed by atoms with Crippen molar-refractivity contribution in [1.82, 2.24) is 14.5 Å². The van der Waals surface area contributed by atoms with Crippen LogP contribution < -0.4 is 9.46 Å². The first-order valence-corrected chi connectivity index (χ1v) is 9.94. The van der Waals surface area contributed by atoms with E-state index in [2.05, 4.69) is 29.7 Å². The number of nitrogens with zero attached hydrogens (tertiary/aromatic N) is 2. The minimum absolute atomic E-state index is 0.213. The topological polar surface area (TPSA) is 73.2 Å². The van der Waals surface area contributed by atoms with Crippen molar-refractivity contribution in [3.63, 3.8) is 0 Å². The highest BCUT2D eigenvalue weighted by atomic mass is 32.2. The van der Waals surface area contributed by atoms with Gasteiger partial charge in [-0.15, -0.1) is 0 Å². The van der Waals surface area contributed by atoms with Gasteiger partial charge in [0.15, 0.2) is 0 Å². The third kappa shape index (κ3) is 3.57. The van der Waals surface area contributed by atoms with Crippen LogP contribution in [0.1, 0.15) is 50.1 Å². The van der Waals surface area contributed by atoms with Gasteiger partial charge in [-0.25, -0.2) is 13.1 Å². The van der Waals surface area contributed by atoms with Crippen LogP contribution in [0.25, 0.3) is 0 Å². The van der Waals surface area contributed by atoms with Crippen LogP contribution in [0.3, 0.4) is 0 Å². The normalized spacial score (nSPS) is 17.2. The molecule has 1 unspecified atom stereocenters. The summed E-state index contributed by atoms with van der Waals surface area (Å²) in [5.41, 5.74) is 2.36. The number of sulfonamides is 1. The van der Waals surface area contributed by atoms with Gasteiger partial charge in [0.2, 0.25) is 10.0 Å². The predicted octanol–water partition coefficient (Wildman–Crippen LogP) is 2.87. The quantitative estimate of drug-likeness (QED) is 0.886. The first-order chi connectivity index (χ1) is 11.6. The number of aryl methyl sites for hydroxylation is 2. The monoisotopic (exact) mass is 363 g/mol. The van der Waals surface area contributed by atoms with Gasteiger partial charge in [0.25, 0.3) is 0 Å². The summed E-state index contributed by atoms with van der Waals surface area (Å²) in [6.45, 7) is 7.77. The van der Waals surface area contributed by atoms with Crippen LogP contribution in [-0.4, -0.2) is 23.8 Å². The average Bonchev–Trinajstić information content (AvgIpc) is 3.01. The Morgan fingerprint density at radius 1 is 1.40 bits per heavy atom. The van der Waals surface area contributed by atoms with Crippen molar-refractivity contribution in [2.45, 2.75) is 57.1 Å². The average molecular weight is 363 g/mol. The molecule has 0 bridgehead atoms. The molecular weight excluding hydrogens is 338 g/mol. The highest BCUT2D eigenvalue weighted by molar-refractivity contribution is 7.89. The van der Waals surface area contributed by atoms with E-state index in [-0.39, 0.29) is 16.5 Å². The molecule has 1 atom stereocenters. The van der Waals surface area contributed by atoms with Crippen LogP contribution in [0.4, 0.5) is 0 Å². The molecule has 6 nitrogen and oxygen atoms in total. The standard InChI is InChI=1S/C18H25N3O3S/c1-6-15(20-25(22,23)17-11-21(5)19-12(17)2)13-7-8-16-14(9-13)10-18(3,4)24-16/h7-9,11,15,20H,6,10H2,1-5H3. The fraction of sp³-hybridized carbons (Fsp3) is 0.500. The molecule has 0 saturated heterocycles. The van der Waals surface area contributed by atoms with E-state index in [0.717, 1.165) is 23.3 Å². The molecule has 2 heterocycles. The molecule has 0 fully saturated rings. The molecule has 1 aliphatic heterocycles. The number of hydrogen-bond donors (Lipinski definition) is 1. The molecule has 1 aliphatic rings. The van der Waals surface area contributed by atoms with Crippen molar-refractivity contribution in [3.05, 3.63) is 41.2 Å². The lowest BCUT2D eigenvalue weighted by Gasteiger charge is -2.18. The van der Waals surface area contributed by atoms with Gasteiger partial charge in [-0.05, 0) is 44.4 Å². The summed E-state index contributed by atoms with van der Waals surface area (Å²) in [6, 6.07) is 5.63. The summed E-state index contributed by atoms with van der Waals surface area (Å²) < 4.78 is 35.7. The van der Waals surface area contributed by atoms with E-state index in [1.807, 2.05) is 19.1 Å². The van der Waals surface area contributed by atoms with Crippen LogP contribution in [-0.2, 0) is 23.5 Å². The number of aromatic nitrogens is 2. The molecule has 1 aromatic carbocycles. The Hall–Kier alpha value is -1.86. The number of fused-ring (bicyclic) bond motifs is 1. The molecule has 0 amide bonds. The molecular formula is C18H25N3O3S. The number of nitrogens with one attached hydrogen (secondary N) is 1. The molecule has 1 N–H and O–H groups in total. The number of hydrogen-bond acceptors (Lipinski definition) is 4. The van der Waals surface area contributed by atoms with Crippen LogP contribution in [0.15, 0.2) is 29.3 Å². The Kier molecular flexibility index (Phi) is 4.41. The van der Waals surface area contributed by atoms with E-state index < -0.39 is 10.0 Å². The van der Waals surface area contributed by atoms with Gasteiger partial charge < -0.3 is 4.74 Å². The van der Waals surface area contributed by atoms with E-state index in [1.54, 1.807) is 14.0 Å². The number of ether oxygens (including phenoxy) is 1. The lowest BCUT2D eigenvalue weighted by Crippen LogP contribution is -2.28. The second-order valence-electron chi connectivity index (χ2n) is 7.24. The number of rotatable bonds is 5. The minimum Gasteiger partial charge on any atom is -0.487 e. The zero-order chi connectivity index (χ0) is 18.4. The van der Waals surface area contributed by atoms with Crippen molar-refractivity contribution in [3.8, 4) is 5.75 Å². The predicted molar refractivity (Wildman–Crippen MR) is 96.2 cm³/mol. The third-order valence-corrected chi connectivity index (χ3v) is 6.03. The van der Waals surface area contributed by atoms with Gasteiger partial charge in [0.1, 0.15) is 16.2 Å². The molecule has 7 heteroatoms. The van der Waals surface area contributed by atoms with E-state index in [1.165, 1.54) is 10.9 Å². The summed E-state index contributed by atoms with van der Waals surface area (Å²) in [5.74, 6) is 0.884. The molecule has 1 aromatic heterocycles. The summed E-state index contributed by atoms with van der Waals surface area (Å²) in [4.78, 5) is 0.221. The highest BCUT2D eigenvalue weighted by Crippen LogP contribution is 2.36. The van der Waals surface area contributed by atoms with Crippen LogP contribution in [0.5, 0.6) is 5.75 Å². The third-order valence-electron chi connectivity index (χ3n) is 4.45. The van der Waals surface area contributed by atoms with Crippen LogP contribution in [0.2, 0.25) is 0 Å². The largest absolute Gasteiger partial charge is 0.487 e. The lowest BCUT2D eigenvalue weighted by molar-refractivity contribution is 0.138. The van der Waals surface area contributed by atoms with Crippen molar-refractivity contribution in [2.24, 2.45) is 7.05 Å². The first-order valence-electron chi connectivity index (χ1n) is 8.46. The first kappa shape index (κ1) is 17.9. The second-order valence-corrected chi connectivity index (χ2v) is 8.92. The molecule has 25 heavy (non-hydrogen) atoms. The second kappa shape index (κ2) is 6.14. The molecule has 0 saturated carbocycles. The fourth-order valence-electron chi connectivity index (χ4n) is 3.33. The van der Waals surface area contributed by atoms with E-state index in [4.69, 9.17) is 4.74 Å². The van der Waals surface area contributed by atoms with Gasteiger partial charge in [-0.2, -0.15) is 5.10 Å². The Balaban J connectivity index is 1.88. The Labute approximate surface area is 149 Å². The highest BCUT2D eigenvalue weighted by Gasteiger charge is 2.31. The molecule has 0 radical (unpaired) electrons. The fourth-order valence-corrected chi connectivity index (χ4v) is 4.85. The Morgan fingerprint density at radius 3 is 2.72 bits per heavy atom. The van der Waals surface area contributed by atoms with Gasteiger partial charge in [0.05, 0.1) is 5.69 Å². The Morgan fingerprint density at radius 2 is 2.12 bits per heavy atom. The summed E-state index contributed by atoms with van der Waals surface area (Å²) in [6.07, 6.45) is 3.01. The maximum absolute atomic E-state index is 12.8. The van der Waals surface area contributed by atoms with Gasteiger partial charge in [0, 0.05) is 25.7 Å². The maximum Gasteiger partial charge on any atom is 0.244 e. The van der Waals surface area contributed by atoms with Crippen LogP contribution in [0, 0.1) is 6.92 Å². The maximum atomic E-state index is 12.8. The van der Waals surface area contributed by atoms with E-state index in [0.29, 0.717) is 12.1 Å². The summed E-state index contributed by atoms with van der Waals surface area (Å²) in [5, 5.41) is 4.13. The van der Waals surface area contributed by atoms with Crippen molar-refractivity contribution in [1.29, 1.82) is 0 Å². The van der Waals surface area contributed by atoms with Crippen molar-refractivity contribution in [2.75, 3.05) is 0 Å². The molecule has 2 aromatic rings. The van der Waals surface area contributed by atoms with E-state index >= 15 is 0 Å². The summed E-state index contributed by atoms with van der Waals surface area (Å²) in [7, 11) is -1.92. The molecule has 0 aliphatic carbocycles. The SMILES string of the molecule is CCC(NS(=O)(=O)c1cn(C)nc1C)c1ccc2c(c1)CC(C)(C)O2. The molecule has 0 spiro atoms. The van der Waals surface area contributed by atoms with Crippen LogP contribution >= 0.6 is 0 Å². The van der Waals surface area contributed by atoms with Gasteiger partial charge >= 0.3 is 0 Å². The van der Waals surface area contributed by atoms with E-state index in [9.17, 15) is 8.42 Å². The van der Waals surface area contributed by atoms with Gasteiger partial charge in [-0.3, -0.25) is 4.68 Å². The smallest absolute Gasteiger partial charge is 0.244 e. The zero-order valence-electron chi connectivity index (χ0n) is 15.3. The van der Waals surface area contributed by atoms with Gasteiger partial charge in [-0.1, -0.05) is 19.1 Å². The zero-order valence-corrected chi connectivity index (χ0v) is 16.1. The summed E-state index contributed by atoms with van der Waals surface area (Å²) >= 11 is 0. The van der Waals surface area contributed by atoms with Crippen molar-refractivity contribution < 1.29 is 13.2 Å².